The van der Waals surface area contributed by atoms with Gasteiger partial charge in [-0.25, -0.2) is 4.98 Å². The lowest BCUT2D eigenvalue weighted by Crippen LogP contribution is -2.50. The number of piperazine rings is 1. The Morgan fingerprint density at radius 2 is 1.79 bits per heavy atom. The van der Waals surface area contributed by atoms with E-state index in [1.165, 1.54) is 6.26 Å². The maximum atomic E-state index is 12.6. The average molecular weight is 324 g/mol. The van der Waals surface area contributed by atoms with E-state index >= 15 is 0 Å². The number of nitrogens with zero attached hydrogens (tertiary/aromatic N) is 3. The molecule has 0 atom stereocenters. The Balaban J connectivity index is 1.43. The van der Waals surface area contributed by atoms with Gasteiger partial charge in [-0.1, -0.05) is 0 Å². The van der Waals surface area contributed by atoms with Gasteiger partial charge in [-0.15, -0.1) is 0 Å². The molecule has 0 saturated carbocycles. The molecule has 0 radical (unpaired) electrons. The van der Waals surface area contributed by atoms with Crippen molar-refractivity contribution in [2.75, 3.05) is 26.2 Å². The first-order valence-corrected chi connectivity index (χ1v) is 7.77. The Morgan fingerprint density at radius 1 is 1.04 bits per heavy atom. The van der Waals surface area contributed by atoms with Gasteiger partial charge >= 0.3 is 0 Å². The Hall–Kier alpha value is -3.09. The number of fused-ring (bicyclic) bond motifs is 1. The number of carbonyl (C=O) groups excluding carboxylic acids is 2. The zero-order valence-electron chi connectivity index (χ0n) is 12.9. The van der Waals surface area contributed by atoms with Gasteiger partial charge in [0.1, 0.15) is 0 Å². The van der Waals surface area contributed by atoms with Crippen LogP contribution in [0.2, 0.25) is 0 Å². The second-order valence-electron chi connectivity index (χ2n) is 5.70. The highest BCUT2D eigenvalue weighted by atomic mass is 16.3. The first-order valence-electron chi connectivity index (χ1n) is 7.77. The van der Waals surface area contributed by atoms with Gasteiger partial charge in [0.25, 0.3) is 11.8 Å². The number of hydrogen-bond acceptors (Lipinski definition) is 4. The normalized spacial score (nSPS) is 15.0. The van der Waals surface area contributed by atoms with Crippen molar-refractivity contribution in [3.8, 4) is 0 Å². The summed E-state index contributed by atoms with van der Waals surface area (Å²) in [6.07, 6.45) is 3.09. The fourth-order valence-electron chi connectivity index (χ4n) is 2.92. The van der Waals surface area contributed by atoms with Crippen LogP contribution in [0.25, 0.3) is 11.0 Å². The monoisotopic (exact) mass is 324 g/mol. The third kappa shape index (κ3) is 2.54. The number of aromatic amines is 1. The second-order valence-corrected chi connectivity index (χ2v) is 5.70. The molecule has 0 spiro atoms. The topological polar surface area (TPSA) is 82.4 Å². The van der Waals surface area contributed by atoms with Gasteiger partial charge in [0.15, 0.2) is 5.76 Å². The van der Waals surface area contributed by atoms with E-state index in [4.69, 9.17) is 4.42 Å². The molecular weight excluding hydrogens is 308 g/mol. The Labute approximate surface area is 137 Å². The van der Waals surface area contributed by atoms with Crippen LogP contribution in [-0.2, 0) is 0 Å². The van der Waals surface area contributed by atoms with Gasteiger partial charge in [-0.05, 0) is 30.3 Å². The predicted octanol–water partition coefficient (Wildman–Crippen LogP) is 1.75. The molecule has 24 heavy (non-hydrogen) atoms. The molecular formula is C17H16N4O3. The van der Waals surface area contributed by atoms with Crippen molar-refractivity contribution >= 4 is 22.8 Å². The molecule has 2 aromatic heterocycles. The molecule has 0 aliphatic carbocycles. The highest BCUT2D eigenvalue weighted by Gasteiger charge is 2.26. The van der Waals surface area contributed by atoms with Gasteiger partial charge in [-0.2, -0.15) is 0 Å². The summed E-state index contributed by atoms with van der Waals surface area (Å²) in [6, 6.07) is 8.77. The number of benzene rings is 1. The first-order chi connectivity index (χ1) is 11.7. The minimum atomic E-state index is -0.133. The van der Waals surface area contributed by atoms with E-state index in [1.54, 1.807) is 34.3 Å². The van der Waals surface area contributed by atoms with Crippen LogP contribution in [0.3, 0.4) is 0 Å². The third-order valence-corrected chi connectivity index (χ3v) is 4.25. The minimum Gasteiger partial charge on any atom is -0.459 e. The number of carbonyl (C=O) groups is 2. The van der Waals surface area contributed by atoms with E-state index in [2.05, 4.69) is 9.97 Å². The van der Waals surface area contributed by atoms with Crippen molar-refractivity contribution in [2.45, 2.75) is 0 Å². The minimum absolute atomic E-state index is 0.0309. The fourth-order valence-corrected chi connectivity index (χ4v) is 2.92. The highest BCUT2D eigenvalue weighted by molar-refractivity contribution is 5.97. The zero-order chi connectivity index (χ0) is 16.5. The van der Waals surface area contributed by atoms with E-state index in [0.29, 0.717) is 37.5 Å². The summed E-state index contributed by atoms with van der Waals surface area (Å²) in [5.41, 5.74) is 2.30. The summed E-state index contributed by atoms with van der Waals surface area (Å²) in [5.74, 6) is 0.169. The molecule has 1 aromatic carbocycles. The Bertz CT molecular complexity index is 876. The highest BCUT2D eigenvalue weighted by Crippen LogP contribution is 2.15. The Morgan fingerprint density at radius 3 is 2.50 bits per heavy atom. The van der Waals surface area contributed by atoms with Crippen LogP contribution in [0.15, 0.2) is 47.3 Å². The second kappa shape index (κ2) is 5.84. The van der Waals surface area contributed by atoms with Crippen LogP contribution >= 0.6 is 0 Å². The van der Waals surface area contributed by atoms with Crippen molar-refractivity contribution in [3.63, 3.8) is 0 Å². The van der Waals surface area contributed by atoms with Crippen LogP contribution in [0.1, 0.15) is 20.9 Å². The summed E-state index contributed by atoms with van der Waals surface area (Å²) < 4.78 is 5.14. The van der Waals surface area contributed by atoms with E-state index in [0.717, 1.165) is 11.0 Å². The average Bonchev–Trinajstić information content (AvgIpc) is 3.31. The van der Waals surface area contributed by atoms with Gasteiger partial charge in [0.2, 0.25) is 0 Å². The maximum absolute atomic E-state index is 12.6. The number of nitrogens with one attached hydrogen (secondary N) is 1. The van der Waals surface area contributed by atoms with Crippen LogP contribution in [-0.4, -0.2) is 57.8 Å². The molecule has 1 N–H and O–H groups in total. The number of hydrogen-bond donors (Lipinski definition) is 1. The molecule has 4 rings (SSSR count). The van der Waals surface area contributed by atoms with E-state index in [1.807, 2.05) is 12.1 Å². The van der Waals surface area contributed by atoms with Crippen molar-refractivity contribution in [1.29, 1.82) is 0 Å². The van der Waals surface area contributed by atoms with Crippen molar-refractivity contribution in [3.05, 3.63) is 54.2 Å². The fraction of sp³-hybridized carbons (Fsp3) is 0.235. The molecule has 1 aliphatic heterocycles. The standard InChI is InChI=1S/C17H16N4O3/c22-16(12-3-4-13-14(10-12)19-11-18-13)20-5-7-21(8-6-20)17(23)15-2-1-9-24-15/h1-4,9-11H,5-8H2,(H,18,19). The maximum Gasteiger partial charge on any atom is 0.289 e. The van der Waals surface area contributed by atoms with Crippen LogP contribution in [0, 0.1) is 0 Å². The SMILES string of the molecule is O=C(c1ccc2nc[nH]c2c1)N1CCN(C(=O)c2ccco2)CC1. The predicted molar refractivity (Wildman–Crippen MR) is 86.6 cm³/mol. The largest absolute Gasteiger partial charge is 0.459 e. The number of amides is 2. The summed E-state index contributed by atoms with van der Waals surface area (Å²) in [4.78, 5) is 35.5. The molecule has 3 aromatic rings. The van der Waals surface area contributed by atoms with Gasteiger partial charge in [0, 0.05) is 31.7 Å². The lowest BCUT2D eigenvalue weighted by molar-refractivity contribution is 0.0518. The molecule has 0 bridgehead atoms. The van der Waals surface area contributed by atoms with Crippen LogP contribution < -0.4 is 0 Å². The van der Waals surface area contributed by atoms with Crippen molar-refractivity contribution in [2.24, 2.45) is 0 Å². The number of rotatable bonds is 2. The van der Waals surface area contributed by atoms with Gasteiger partial charge < -0.3 is 19.2 Å². The summed E-state index contributed by atoms with van der Waals surface area (Å²) in [5, 5.41) is 0. The molecule has 3 heterocycles. The van der Waals surface area contributed by atoms with Crippen molar-refractivity contribution in [1.82, 2.24) is 19.8 Å². The lowest BCUT2D eigenvalue weighted by Gasteiger charge is -2.34. The molecule has 7 heteroatoms. The molecule has 7 nitrogen and oxygen atoms in total. The van der Waals surface area contributed by atoms with Crippen LogP contribution in [0.4, 0.5) is 0 Å². The number of aromatic nitrogens is 2. The summed E-state index contributed by atoms with van der Waals surface area (Å²) >= 11 is 0. The lowest BCUT2D eigenvalue weighted by atomic mass is 10.1. The molecule has 122 valence electrons. The molecule has 1 aliphatic rings. The summed E-state index contributed by atoms with van der Waals surface area (Å²) in [7, 11) is 0. The number of imidazole rings is 1. The zero-order valence-corrected chi connectivity index (χ0v) is 12.9. The molecule has 1 saturated heterocycles. The van der Waals surface area contributed by atoms with E-state index < -0.39 is 0 Å². The van der Waals surface area contributed by atoms with Crippen LogP contribution in [0.5, 0.6) is 0 Å². The van der Waals surface area contributed by atoms with Gasteiger partial charge in [-0.3, -0.25) is 9.59 Å². The molecule has 2 amide bonds. The first kappa shape index (κ1) is 14.5. The smallest absolute Gasteiger partial charge is 0.289 e. The molecule has 0 unspecified atom stereocenters. The summed E-state index contributed by atoms with van der Waals surface area (Å²) in [6.45, 7) is 2.01. The van der Waals surface area contributed by atoms with E-state index in [-0.39, 0.29) is 11.8 Å². The number of H-pyrrole nitrogens is 1. The van der Waals surface area contributed by atoms with E-state index in [9.17, 15) is 9.59 Å². The Kier molecular flexibility index (Phi) is 3.53. The quantitative estimate of drug-likeness (QED) is 0.778. The van der Waals surface area contributed by atoms with Gasteiger partial charge in [0.05, 0.1) is 23.6 Å². The van der Waals surface area contributed by atoms with Crippen molar-refractivity contribution < 1.29 is 14.0 Å². The molecule has 1 fully saturated rings. The third-order valence-electron chi connectivity index (χ3n) is 4.25. The number of furan rings is 1.